The summed E-state index contributed by atoms with van der Waals surface area (Å²) in [5.41, 5.74) is 4.21. The van der Waals surface area contributed by atoms with Crippen LogP contribution in [-0.2, 0) is 16.0 Å². The van der Waals surface area contributed by atoms with Crippen LogP contribution in [0.2, 0.25) is 0 Å². The molecule has 1 aliphatic carbocycles. The van der Waals surface area contributed by atoms with Crippen molar-refractivity contribution >= 4 is 34.5 Å². The van der Waals surface area contributed by atoms with E-state index >= 15 is 4.39 Å². The predicted molar refractivity (Wildman–Crippen MR) is 169 cm³/mol. The van der Waals surface area contributed by atoms with Crippen molar-refractivity contribution in [2.45, 2.75) is 65.3 Å². The Morgan fingerprint density at radius 1 is 1.11 bits per heavy atom. The number of benzene rings is 1. The molecule has 1 saturated heterocycles. The van der Waals surface area contributed by atoms with Crippen molar-refractivity contribution in [3.63, 3.8) is 0 Å². The van der Waals surface area contributed by atoms with Gasteiger partial charge in [-0.15, -0.1) is 11.3 Å². The van der Waals surface area contributed by atoms with Crippen LogP contribution < -0.4 is 4.90 Å². The second kappa shape index (κ2) is 11.0. The summed E-state index contributed by atoms with van der Waals surface area (Å²) in [5, 5.41) is 6.89. The van der Waals surface area contributed by atoms with Crippen LogP contribution in [-0.4, -0.2) is 57.6 Å². The molecular weight excluding hydrogens is 577 g/mol. The first-order valence-electron chi connectivity index (χ1n) is 15.7. The van der Waals surface area contributed by atoms with Crippen LogP contribution in [0, 0.1) is 17.2 Å². The quantitative estimate of drug-likeness (QED) is 0.217. The lowest BCUT2D eigenvalue weighted by Gasteiger charge is -2.33. The highest BCUT2D eigenvalue weighted by molar-refractivity contribution is 7.10. The van der Waals surface area contributed by atoms with E-state index in [1.165, 1.54) is 10.4 Å². The number of fused-ring (bicyclic) bond motifs is 2. The van der Waals surface area contributed by atoms with Crippen molar-refractivity contribution in [2.75, 3.05) is 31.1 Å². The van der Waals surface area contributed by atoms with Gasteiger partial charge in [0, 0.05) is 53.4 Å². The van der Waals surface area contributed by atoms with Crippen molar-refractivity contribution in [3.8, 4) is 11.3 Å². The van der Waals surface area contributed by atoms with Gasteiger partial charge in [0.15, 0.2) is 5.65 Å². The van der Waals surface area contributed by atoms with Gasteiger partial charge in [0.2, 0.25) is 0 Å². The Morgan fingerprint density at radius 3 is 2.68 bits per heavy atom. The average molecular weight is 616 g/mol. The first-order chi connectivity index (χ1) is 21.2. The Bertz CT molecular complexity index is 1760. The van der Waals surface area contributed by atoms with E-state index in [2.05, 4.69) is 23.3 Å². The summed E-state index contributed by atoms with van der Waals surface area (Å²) in [7, 11) is 0. The number of amides is 1. The molecule has 1 aromatic carbocycles. The zero-order valence-corrected chi connectivity index (χ0v) is 26.5. The van der Waals surface area contributed by atoms with E-state index in [1.54, 1.807) is 34.1 Å². The number of aromatic nitrogens is 3. The van der Waals surface area contributed by atoms with E-state index in [-0.39, 0.29) is 29.7 Å². The number of esters is 1. The standard InChI is InChI=1S/C34H38FN5O3S/c1-5-43-33(42)34(3,4)22-10-13-38(19-22)23-8-9-25(26(35)16-23)27-18-31-36-28(17-29(21-6-7-21)40(31)37-27)32(41)39-14-11-30-24(20(39)2)12-15-44-30/h8-9,12,15-18,20-22H,5-7,10-11,13-14,19H2,1-4H3/t20-,22+/m1/s1. The molecule has 0 spiro atoms. The van der Waals surface area contributed by atoms with Crippen molar-refractivity contribution < 1.29 is 18.7 Å². The smallest absolute Gasteiger partial charge is 0.311 e. The highest BCUT2D eigenvalue weighted by atomic mass is 32.1. The number of nitrogens with zero attached hydrogens (tertiary/aromatic N) is 5. The Labute approximate surface area is 260 Å². The summed E-state index contributed by atoms with van der Waals surface area (Å²) in [6.07, 6.45) is 3.76. The van der Waals surface area contributed by atoms with Gasteiger partial charge in [-0.1, -0.05) is 0 Å². The molecule has 0 bridgehead atoms. The number of ether oxygens (including phenoxy) is 1. The maximum Gasteiger partial charge on any atom is 0.311 e. The lowest BCUT2D eigenvalue weighted by molar-refractivity contribution is -0.156. The maximum atomic E-state index is 15.7. The van der Waals surface area contributed by atoms with Crippen LogP contribution >= 0.6 is 11.3 Å². The molecular formula is C34H38FN5O3S. The third-order valence-electron chi connectivity index (χ3n) is 9.81. The van der Waals surface area contributed by atoms with E-state index in [0.29, 0.717) is 48.2 Å². The van der Waals surface area contributed by atoms with E-state index in [0.717, 1.165) is 43.6 Å². The minimum atomic E-state index is -0.606. The molecule has 1 amide bonds. The van der Waals surface area contributed by atoms with E-state index in [1.807, 2.05) is 37.8 Å². The Kier molecular flexibility index (Phi) is 7.22. The van der Waals surface area contributed by atoms with Gasteiger partial charge in [-0.05, 0) is 101 Å². The minimum Gasteiger partial charge on any atom is -0.466 e. The number of anilines is 1. The van der Waals surface area contributed by atoms with Crippen molar-refractivity contribution in [1.29, 1.82) is 0 Å². The van der Waals surface area contributed by atoms with Gasteiger partial charge in [-0.3, -0.25) is 9.59 Å². The summed E-state index contributed by atoms with van der Waals surface area (Å²) in [4.78, 5) is 36.5. The molecule has 2 atom stereocenters. The normalized spacial score (nSPS) is 20.3. The molecule has 0 N–H and O–H groups in total. The SMILES string of the molecule is CCOC(=O)C(C)(C)[C@H]1CCN(c2ccc(-c3cc4nc(C(=O)N5CCc6sccc6[C@H]5C)cc(C5CC5)n4n3)c(F)c2)C1. The number of rotatable bonds is 7. The van der Waals surface area contributed by atoms with Gasteiger partial charge in [-0.25, -0.2) is 13.9 Å². The predicted octanol–water partition coefficient (Wildman–Crippen LogP) is 6.65. The summed E-state index contributed by atoms with van der Waals surface area (Å²) >= 11 is 1.75. The van der Waals surface area contributed by atoms with E-state index in [9.17, 15) is 9.59 Å². The fourth-order valence-electron chi connectivity index (χ4n) is 6.82. The molecule has 5 heterocycles. The van der Waals surface area contributed by atoms with Crippen LogP contribution in [0.4, 0.5) is 10.1 Å². The molecule has 3 aromatic heterocycles. The number of carbonyl (C=O) groups excluding carboxylic acids is 2. The summed E-state index contributed by atoms with van der Waals surface area (Å²) in [6, 6.07) is 11.0. The summed E-state index contributed by atoms with van der Waals surface area (Å²) in [6.45, 7) is 10.2. The molecule has 0 unspecified atom stereocenters. The minimum absolute atomic E-state index is 0.00453. The lowest BCUT2D eigenvalue weighted by atomic mass is 9.78. The van der Waals surface area contributed by atoms with E-state index in [4.69, 9.17) is 14.8 Å². The molecule has 8 nitrogen and oxygen atoms in total. The number of hydrogen-bond acceptors (Lipinski definition) is 7. The molecule has 1 saturated carbocycles. The summed E-state index contributed by atoms with van der Waals surface area (Å²) < 4.78 is 22.8. The van der Waals surface area contributed by atoms with Gasteiger partial charge in [0.1, 0.15) is 11.5 Å². The van der Waals surface area contributed by atoms with Crippen molar-refractivity contribution in [2.24, 2.45) is 11.3 Å². The van der Waals surface area contributed by atoms with Gasteiger partial charge in [-0.2, -0.15) is 5.10 Å². The Balaban J connectivity index is 1.15. The van der Waals surface area contributed by atoms with Gasteiger partial charge < -0.3 is 14.5 Å². The Morgan fingerprint density at radius 2 is 1.93 bits per heavy atom. The fourth-order valence-corrected chi connectivity index (χ4v) is 7.78. The van der Waals surface area contributed by atoms with Crippen LogP contribution in [0.25, 0.3) is 16.9 Å². The molecule has 0 radical (unpaired) electrons. The first kappa shape index (κ1) is 29.0. The zero-order chi connectivity index (χ0) is 30.7. The first-order valence-corrected chi connectivity index (χ1v) is 16.5. The molecule has 2 fully saturated rings. The third kappa shape index (κ3) is 4.97. The van der Waals surface area contributed by atoms with Crippen LogP contribution in [0.15, 0.2) is 41.8 Å². The molecule has 230 valence electrons. The lowest BCUT2D eigenvalue weighted by Crippen LogP contribution is -2.38. The topological polar surface area (TPSA) is 80.0 Å². The van der Waals surface area contributed by atoms with Gasteiger partial charge in [0.05, 0.1) is 23.8 Å². The van der Waals surface area contributed by atoms with Crippen molar-refractivity contribution in [1.82, 2.24) is 19.5 Å². The highest BCUT2D eigenvalue weighted by Crippen LogP contribution is 2.42. The second-order valence-corrected chi connectivity index (χ2v) is 13.9. The summed E-state index contributed by atoms with van der Waals surface area (Å²) in [5.74, 6) is -0.196. The molecule has 44 heavy (non-hydrogen) atoms. The maximum absolute atomic E-state index is 15.7. The van der Waals surface area contributed by atoms with E-state index < -0.39 is 5.41 Å². The number of halogens is 1. The third-order valence-corrected chi connectivity index (χ3v) is 10.8. The molecule has 4 aromatic rings. The molecule has 10 heteroatoms. The number of hydrogen-bond donors (Lipinski definition) is 0. The van der Waals surface area contributed by atoms with Crippen molar-refractivity contribution in [3.05, 3.63) is 69.4 Å². The average Bonchev–Trinajstić information content (AvgIpc) is 3.36. The monoisotopic (exact) mass is 615 g/mol. The highest BCUT2D eigenvalue weighted by Gasteiger charge is 2.42. The molecule has 3 aliphatic rings. The largest absolute Gasteiger partial charge is 0.466 e. The molecule has 2 aliphatic heterocycles. The van der Waals surface area contributed by atoms with Crippen LogP contribution in [0.1, 0.15) is 85.5 Å². The number of thiophene rings is 1. The number of carbonyl (C=O) groups is 2. The Hall–Kier alpha value is -3.79. The second-order valence-electron chi connectivity index (χ2n) is 12.9. The van der Waals surface area contributed by atoms with Crippen LogP contribution in [0.5, 0.6) is 0 Å². The van der Waals surface area contributed by atoms with Gasteiger partial charge >= 0.3 is 5.97 Å². The molecule has 7 rings (SSSR count). The van der Waals surface area contributed by atoms with Gasteiger partial charge in [0.25, 0.3) is 5.91 Å². The fraction of sp³-hybridized carbons (Fsp3) is 0.471. The van der Waals surface area contributed by atoms with Crippen LogP contribution in [0.3, 0.4) is 0 Å². The zero-order valence-electron chi connectivity index (χ0n) is 25.7.